The zero-order valence-corrected chi connectivity index (χ0v) is 17.2. The number of rotatable bonds is 6. The zero-order chi connectivity index (χ0) is 23.7. The lowest BCUT2D eigenvalue weighted by Crippen LogP contribution is -2.10. The monoisotopic (exact) mass is 482 g/mol. The number of nitrogens with one attached hydrogen (secondary N) is 1. The summed E-state index contributed by atoms with van der Waals surface area (Å²) in [5.74, 6) is -11.0. The molecule has 0 aliphatic carbocycles. The Labute approximate surface area is 186 Å². The molecule has 0 saturated heterocycles. The van der Waals surface area contributed by atoms with Crippen LogP contribution in [0.1, 0.15) is 0 Å². The molecule has 1 N–H and O–H groups in total. The molecule has 0 aliphatic rings. The van der Waals surface area contributed by atoms with Crippen molar-refractivity contribution in [1.29, 1.82) is 0 Å². The molecule has 0 unspecified atom stereocenters. The Kier molecular flexibility index (Phi) is 6.09. The highest BCUT2D eigenvalue weighted by atomic mass is 32.2. The van der Waals surface area contributed by atoms with Crippen LogP contribution in [0.5, 0.6) is 17.2 Å². The number of aromatic nitrogens is 2. The average molecular weight is 482 g/mol. The number of aromatic amines is 1. The van der Waals surface area contributed by atoms with Crippen molar-refractivity contribution in [1.82, 2.24) is 10.2 Å². The van der Waals surface area contributed by atoms with Crippen LogP contribution in [0.4, 0.5) is 22.1 Å². The summed E-state index contributed by atoms with van der Waals surface area (Å²) in [5, 5.41) is 7.04. The van der Waals surface area contributed by atoms with Crippen LogP contribution < -0.4 is 19.4 Å². The van der Waals surface area contributed by atoms with Gasteiger partial charge in [0.05, 0.1) is 24.5 Å². The van der Waals surface area contributed by atoms with E-state index in [0.717, 1.165) is 0 Å². The molecule has 0 aliphatic heterocycles. The molecular formula is C21H11F5N2O4S. The van der Waals surface area contributed by atoms with Crippen LogP contribution in [0.25, 0.3) is 22.0 Å². The normalized spacial score (nSPS) is 11.0. The van der Waals surface area contributed by atoms with E-state index in [9.17, 15) is 26.9 Å². The molecule has 33 heavy (non-hydrogen) atoms. The van der Waals surface area contributed by atoms with Crippen LogP contribution in [0, 0.1) is 23.3 Å². The van der Waals surface area contributed by atoms with E-state index < -0.39 is 40.3 Å². The van der Waals surface area contributed by atoms with Crippen molar-refractivity contribution < 1.29 is 35.9 Å². The average Bonchev–Trinajstić information content (AvgIpc) is 2.84. The van der Waals surface area contributed by atoms with E-state index in [1.165, 1.54) is 25.3 Å². The third kappa shape index (κ3) is 3.93. The summed E-state index contributed by atoms with van der Waals surface area (Å²) in [4.78, 5) is 15.6. The molecule has 4 rings (SSSR count). The highest BCUT2D eigenvalue weighted by molar-refractivity contribution is 7.95. The first-order valence-electron chi connectivity index (χ1n) is 9.02. The molecule has 0 spiro atoms. The predicted octanol–water partition coefficient (Wildman–Crippen LogP) is 5.50. The van der Waals surface area contributed by atoms with Gasteiger partial charge >= 0.3 is 0 Å². The van der Waals surface area contributed by atoms with Crippen molar-refractivity contribution in [3.05, 3.63) is 76.1 Å². The van der Waals surface area contributed by atoms with Crippen LogP contribution in [-0.2, 0) is 0 Å². The fraction of sp³-hybridized carbons (Fsp3) is 0.0476. The first kappa shape index (κ1) is 22.4. The van der Waals surface area contributed by atoms with Gasteiger partial charge in [-0.1, -0.05) is 18.2 Å². The minimum atomic E-state index is -2.26. The summed E-state index contributed by atoms with van der Waals surface area (Å²) in [5.41, 5.74) is 0.437. The number of hydrogen-bond acceptors (Lipinski definition) is 6. The maximum Gasteiger partial charge on any atom is 0.272 e. The fourth-order valence-corrected chi connectivity index (χ4v) is 3.68. The van der Waals surface area contributed by atoms with Crippen molar-refractivity contribution in [2.75, 3.05) is 7.11 Å². The molecule has 0 atom stereocenters. The van der Waals surface area contributed by atoms with E-state index in [4.69, 9.17) is 8.92 Å². The van der Waals surface area contributed by atoms with Crippen LogP contribution in [0.2, 0.25) is 0 Å². The van der Waals surface area contributed by atoms with E-state index in [0.29, 0.717) is 34.4 Å². The van der Waals surface area contributed by atoms with Gasteiger partial charge in [-0.15, -0.1) is 0 Å². The molecule has 0 bridgehead atoms. The van der Waals surface area contributed by atoms with Gasteiger partial charge in [-0.2, -0.15) is 13.9 Å². The molecule has 6 nitrogen and oxygen atoms in total. The number of fused-ring (bicyclic) bond motifs is 1. The SMILES string of the molecule is COc1ccccc1-c1n[nH]c(=O)c2cc(SOc3c(F)c(F)c(F)c(F)c3OF)ccc12. The minimum Gasteiger partial charge on any atom is -0.496 e. The Morgan fingerprint density at radius 3 is 2.30 bits per heavy atom. The Balaban J connectivity index is 1.74. The molecule has 1 aromatic heterocycles. The number of ether oxygens (including phenoxy) is 1. The second-order valence-electron chi connectivity index (χ2n) is 6.47. The zero-order valence-electron chi connectivity index (χ0n) is 16.4. The van der Waals surface area contributed by atoms with Gasteiger partial charge in [0.1, 0.15) is 11.4 Å². The lowest BCUT2D eigenvalue weighted by Gasteiger charge is -2.11. The second kappa shape index (κ2) is 8.98. The van der Waals surface area contributed by atoms with Crippen LogP contribution in [0.3, 0.4) is 0 Å². The number of hydrogen-bond donors (Lipinski definition) is 1. The predicted molar refractivity (Wildman–Crippen MR) is 109 cm³/mol. The third-order valence-electron chi connectivity index (χ3n) is 4.60. The smallest absolute Gasteiger partial charge is 0.272 e. The summed E-state index contributed by atoms with van der Waals surface area (Å²) in [7, 11) is 1.48. The molecule has 12 heteroatoms. The maximum atomic E-state index is 14.0. The van der Waals surface area contributed by atoms with Gasteiger partial charge < -0.3 is 8.92 Å². The molecule has 3 aromatic carbocycles. The number of H-pyrrole nitrogens is 1. The van der Waals surface area contributed by atoms with Gasteiger partial charge in [0.15, 0.2) is 0 Å². The van der Waals surface area contributed by atoms with Gasteiger partial charge in [-0.05, 0) is 24.3 Å². The van der Waals surface area contributed by atoms with E-state index in [1.54, 1.807) is 24.3 Å². The maximum absolute atomic E-state index is 14.0. The highest BCUT2D eigenvalue weighted by Crippen LogP contribution is 2.40. The Morgan fingerprint density at radius 2 is 1.61 bits per heavy atom. The molecule has 0 radical (unpaired) electrons. The second-order valence-corrected chi connectivity index (χ2v) is 7.27. The lowest BCUT2D eigenvalue weighted by molar-refractivity contribution is -0.0139. The van der Waals surface area contributed by atoms with Crippen LogP contribution in [-0.4, -0.2) is 17.3 Å². The molecule has 1 heterocycles. The number of benzene rings is 3. The van der Waals surface area contributed by atoms with E-state index >= 15 is 0 Å². The Bertz CT molecular complexity index is 1430. The summed E-state index contributed by atoms with van der Waals surface area (Å²) in [6.07, 6.45) is 0. The Morgan fingerprint density at radius 1 is 0.909 bits per heavy atom. The van der Waals surface area contributed by atoms with E-state index in [-0.39, 0.29) is 10.3 Å². The summed E-state index contributed by atoms with van der Waals surface area (Å²) < 4.78 is 77.3. The number of methoxy groups -OCH3 is 1. The van der Waals surface area contributed by atoms with Crippen molar-refractivity contribution in [2.24, 2.45) is 0 Å². The molecular weight excluding hydrogens is 471 g/mol. The minimum absolute atomic E-state index is 0.151. The van der Waals surface area contributed by atoms with E-state index in [2.05, 4.69) is 15.1 Å². The molecule has 0 fully saturated rings. The van der Waals surface area contributed by atoms with Crippen LogP contribution >= 0.6 is 12.0 Å². The molecule has 4 aromatic rings. The summed E-state index contributed by atoms with van der Waals surface area (Å²) in [6.45, 7) is 0. The van der Waals surface area contributed by atoms with Gasteiger partial charge in [0.25, 0.3) is 11.3 Å². The number of para-hydroxylation sites is 1. The Hall–Kier alpha value is -3.80. The van der Waals surface area contributed by atoms with Gasteiger partial charge in [0.2, 0.25) is 29.0 Å². The fourth-order valence-electron chi connectivity index (χ4n) is 3.07. The highest BCUT2D eigenvalue weighted by Gasteiger charge is 2.29. The standard InChI is InChI=1S/C21H11F5N2O4S/c1-30-13-5-3-2-4-11(13)18-10-7-6-9(8-12(10)21(29)28-27-18)33-32-20-17(25)15(23)14(22)16(24)19(20)31-26/h2-8H,1H3,(H,28,29). The van der Waals surface area contributed by atoms with Gasteiger partial charge in [-0.25, -0.2) is 13.9 Å². The topological polar surface area (TPSA) is 73.4 Å². The van der Waals surface area contributed by atoms with Crippen molar-refractivity contribution in [3.8, 4) is 28.5 Å². The lowest BCUT2D eigenvalue weighted by atomic mass is 10.0. The molecule has 170 valence electrons. The largest absolute Gasteiger partial charge is 0.496 e. The molecule has 0 saturated carbocycles. The first-order valence-corrected chi connectivity index (χ1v) is 9.76. The van der Waals surface area contributed by atoms with Gasteiger partial charge in [-0.3, -0.25) is 9.74 Å². The first-order chi connectivity index (χ1) is 15.9. The number of halogens is 5. The van der Waals surface area contributed by atoms with Crippen LogP contribution in [0.15, 0.2) is 52.2 Å². The summed E-state index contributed by atoms with van der Waals surface area (Å²) >= 11 is 0.333. The van der Waals surface area contributed by atoms with Crippen molar-refractivity contribution in [2.45, 2.75) is 4.90 Å². The number of nitrogens with zero attached hydrogens (tertiary/aromatic N) is 1. The third-order valence-corrected chi connectivity index (χ3v) is 5.30. The van der Waals surface area contributed by atoms with E-state index in [1.807, 2.05) is 0 Å². The summed E-state index contributed by atoms with van der Waals surface area (Å²) in [6, 6.07) is 11.3. The van der Waals surface area contributed by atoms with Crippen molar-refractivity contribution in [3.63, 3.8) is 0 Å². The van der Waals surface area contributed by atoms with Crippen molar-refractivity contribution >= 4 is 22.8 Å². The quantitative estimate of drug-likeness (QED) is 0.169. The molecule has 0 amide bonds. The van der Waals surface area contributed by atoms with Gasteiger partial charge in [0, 0.05) is 20.4 Å².